The average Bonchev–Trinajstić information content (AvgIpc) is 2.71. The van der Waals surface area contributed by atoms with E-state index in [0.717, 1.165) is 11.3 Å². The maximum absolute atomic E-state index is 13.3. The summed E-state index contributed by atoms with van der Waals surface area (Å²) in [7, 11) is 0. The van der Waals surface area contributed by atoms with Crippen molar-refractivity contribution >= 4 is 33.9 Å². The molecular formula is C8F5IN2S. The van der Waals surface area contributed by atoms with Gasteiger partial charge in [0.2, 0.25) is 5.82 Å². The molecule has 1 heterocycles. The van der Waals surface area contributed by atoms with Crippen molar-refractivity contribution in [3.05, 3.63) is 32.1 Å². The van der Waals surface area contributed by atoms with E-state index < -0.39 is 34.6 Å². The molecule has 0 saturated carbocycles. The maximum atomic E-state index is 13.3. The van der Waals surface area contributed by atoms with E-state index in [9.17, 15) is 22.0 Å². The minimum atomic E-state index is -2.19. The highest BCUT2D eigenvalue weighted by Gasteiger charge is 2.28. The Morgan fingerprint density at radius 2 is 1.24 bits per heavy atom. The molecule has 1 aromatic carbocycles. The first-order valence-electron chi connectivity index (χ1n) is 3.94. The Morgan fingerprint density at radius 3 is 1.65 bits per heavy atom. The van der Waals surface area contributed by atoms with Crippen molar-refractivity contribution in [1.82, 2.24) is 10.2 Å². The Morgan fingerprint density at radius 1 is 0.765 bits per heavy atom. The molecular weight excluding hydrogens is 378 g/mol. The number of rotatable bonds is 1. The van der Waals surface area contributed by atoms with Crippen LogP contribution in [0.1, 0.15) is 0 Å². The van der Waals surface area contributed by atoms with E-state index >= 15 is 0 Å². The van der Waals surface area contributed by atoms with E-state index in [4.69, 9.17) is 0 Å². The first-order chi connectivity index (χ1) is 7.93. The predicted octanol–water partition coefficient (Wildman–Crippen LogP) is 3.51. The van der Waals surface area contributed by atoms with Crippen LogP contribution in [0.2, 0.25) is 0 Å². The molecule has 0 bridgehead atoms. The van der Waals surface area contributed by atoms with Gasteiger partial charge < -0.3 is 0 Å². The lowest BCUT2D eigenvalue weighted by atomic mass is 10.2. The Hall–Kier alpha value is -0.840. The summed E-state index contributed by atoms with van der Waals surface area (Å²) >= 11 is 2.43. The summed E-state index contributed by atoms with van der Waals surface area (Å²) in [5, 5.41) is 6.43. The van der Waals surface area contributed by atoms with Gasteiger partial charge >= 0.3 is 0 Å². The second-order valence-electron chi connectivity index (χ2n) is 2.81. The molecule has 9 heteroatoms. The van der Waals surface area contributed by atoms with Gasteiger partial charge in [-0.25, -0.2) is 22.0 Å². The van der Waals surface area contributed by atoms with Crippen molar-refractivity contribution < 1.29 is 22.0 Å². The standard InChI is InChI=1S/C8F5IN2S/c9-2-1(7-15-16-8(14)17-7)3(10)5(12)6(13)4(2)11. The van der Waals surface area contributed by atoms with Gasteiger partial charge in [0.1, 0.15) is 0 Å². The molecule has 2 rings (SSSR count). The van der Waals surface area contributed by atoms with E-state index in [1.165, 1.54) is 0 Å². The van der Waals surface area contributed by atoms with Crippen LogP contribution in [0, 0.1) is 32.1 Å². The second-order valence-corrected chi connectivity index (χ2v) is 5.54. The number of aromatic nitrogens is 2. The van der Waals surface area contributed by atoms with E-state index in [1.54, 1.807) is 22.6 Å². The number of hydrogen-bond acceptors (Lipinski definition) is 3. The highest BCUT2D eigenvalue weighted by molar-refractivity contribution is 14.1. The number of halogens is 6. The summed E-state index contributed by atoms with van der Waals surface area (Å²) in [4.78, 5) is 0. The van der Waals surface area contributed by atoms with Crippen LogP contribution in [-0.4, -0.2) is 10.2 Å². The molecule has 0 fully saturated rings. The van der Waals surface area contributed by atoms with Gasteiger partial charge in [0.05, 0.1) is 5.56 Å². The lowest BCUT2D eigenvalue weighted by Crippen LogP contribution is -2.03. The van der Waals surface area contributed by atoms with Crippen molar-refractivity contribution in [1.29, 1.82) is 0 Å². The van der Waals surface area contributed by atoms with Gasteiger partial charge in [-0.3, -0.25) is 0 Å². The third-order valence-corrected chi connectivity index (χ3v) is 3.43. The van der Waals surface area contributed by atoms with Gasteiger partial charge in [-0.1, -0.05) is 11.3 Å². The third kappa shape index (κ3) is 2.01. The zero-order valence-corrected chi connectivity index (χ0v) is 10.5. The summed E-state index contributed by atoms with van der Waals surface area (Å²) in [5.41, 5.74) is -1.05. The molecule has 2 aromatic rings. The number of hydrogen-bond donors (Lipinski definition) is 0. The van der Waals surface area contributed by atoms with Crippen LogP contribution in [0.25, 0.3) is 10.6 Å². The first-order valence-corrected chi connectivity index (χ1v) is 5.83. The molecule has 0 saturated heterocycles. The van der Waals surface area contributed by atoms with Crippen molar-refractivity contribution in [3.63, 3.8) is 0 Å². The van der Waals surface area contributed by atoms with E-state index in [0.29, 0.717) is 3.01 Å². The fourth-order valence-electron chi connectivity index (χ4n) is 1.10. The molecule has 0 aliphatic heterocycles. The molecule has 0 unspecified atom stereocenters. The SMILES string of the molecule is Fc1c(F)c(F)c(-c2nnc(I)s2)c(F)c1F. The highest BCUT2D eigenvalue weighted by Crippen LogP contribution is 2.33. The summed E-state index contributed by atoms with van der Waals surface area (Å²) in [6, 6.07) is 0. The molecule has 0 N–H and O–H groups in total. The van der Waals surface area contributed by atoms with Crippen LogP contribution in [0.4, 0.5) is 22.0 Å². The van der Waals surface area contributed by atoms with E-state index in [-0.39, 0.29) is 5.01 Å². The first kappa shape index (κ1) is 12.6. The molecule has 0 radical (unpaired) electrons. The molecule has 1 aromatic heterocycles. The van der Waals surface area contributed by atoms with Crippen molar-refractivity contribution in [2.75, 3.05) is 0 Å². The minimum absolute atomic E-state index is 0.321. The smallest absolute Gasteiger partial charge is 0.200 e. The quantitative estimate of drug-likeness (QED) is 0.329. The monoisotopic (exact) mass is 378 g/mol. The van der Waals surface area contributed by atoms with E-state index in [2.05, 4.69) is 10.2 Å². The van der Waals surface area contributed by atoms with Crippen LogP contribution >= 0.6 is 33.9 Å². The van der Waals surface area contributed by atoms with Crippen LogP contribution in [0.15, 0.2) is 0 Å². The molecule has 0 aliphatic carbocycles. The number of benzene rings is 1. The molecule has 17 heavy (non-hydrogen) atoms. The highest BCUT2D eigenvalue weighted by atomic mass is 127. The molecule has 0 spiro atoms. The fraction of sp³-hybridized carbons (Fsp3) is 0. The van der Waals surface area contributed by atoms with Crippen molar-refractivity contribution in [2.45, 2.75) is 0 Å². The van der Waals surface area contributed by atoms with Gasteiger partial charge in [0.25, 0.3) is 0 Å². The molecule has 0 amide bonds. The van der Waals surface area contributed by atoms with Crippen LogP contribution in [0.5, 0.6) is 0 Å². The number of nitrogens with zero attached hydrogens (tertiary/aromatic N) is 2. The van der Waals surface area contributed by atoms with Gasteiger partial charge in [-0.2, -0.15) is 0 Å². The van der Waals surface area contributed by atoms with Crippen LogP contribution < -0.4 is 0 Å². The summed E-state index contributed by atoms with van der Waals surface area (Å²) in [5.74, 6) is -10.0. The fourth-order valence-corrected chi connectivity index (χ4v) is 2.44. The largest absolute Gasteiger partial charge is 0.203 e. The third-order valence-electron chi connectivity index (χ3n) is 1.82. The lowest BCUT2D eigenvalue weighted by molar-refractivity contribution is 0.381. The normalized spacial score (nSPS) is 10.9. The zero-order chi connectivity index (χ0) is 12.7. The van der Waals surface area contributed by atoms with Gasteiger partial charge in [-0.15, -0.1) is 10.2 Å². The summed E-state index contributed by atoms with van der Waals surface area (Å²) < 4.78 is 65.5. The van der Waals surface area contributed by atoms with E-state index in [1.807, 2.05) is 0 Å². The Bertz CT molecular complexity index is 571. The van der Waals surface area contributed by atoms with Crippen molar-refractivity contribution in [3.8, 4) is 10.6 Å². The minimum Gasteiger partial charge on any atom is -0.203 e. The average molecular weight is 378 g/mol. The van der Waals surface area contributed by atoms with Crippen LogP contribution in [-0.2, 0) is 0 Å². The Labute approximate surface area is 109 Å². The molecule has 90 valence electrons. The molecule has 0 aliphatic rings. The predicted molar refractivity (Wildman–Crippen MR) is 57.9 cm³/mol. The van der Waals surface area contributed by atoms with Gasteiger partial charge in [-0.05, 0) is 22.6 Å². The topological polar surface area (TPSA) is 25.8 Å². The molecule has 2 nitrogen and oxygen atoms in total. The lowest BCUT2D eigenvalue weighted by Gasteiger charge is -2.04. The van der Waals surface area contributed by atoms with Crippen LogP contribution in [0.3, 0.4) is 0 Å². The van der Waals surface area contributed by atoms with Gasteiger partial charge in [0.15, 0.2) is 31.3 Å². The summed E-state index contributed by atoms with van der Waals surface area (Å²) in [6.45, 7) is 0. The Balaban J connectivity index is 2.78. The Kier molecular flexibility index (Phi) is 3.30. The zero-order valence-electron chi connectivity index (χ0n) is 7.57. The second kappa shape index (κ2) is 4.44. The van der Waals surface area contributed by atoms with Gasteiger partial charge in [0, 0.05) is 0 Å². The summed E-state index contributed by atoms with van der Waals surface area (Å²) in [6.07, 6.45) is 0. The maximum Gasteiger partial charge on any atom is 0.200 e. The van der Waals surface area contributed by atoms with Crippen molar-refractivity contribution in [2.24, 2.45) is 0 Å². The molecule has 0 atom stereocenters.